The van der Waals surface area contributed by atoms with Gasteiger partial charge in [0.25, 0.3) is 0 Å². The highest BCUT2D eigenvalue weighted by Crippen LogP contribution is 2.24. The third kappa shape index (κ3) is 9.62. The lowest BCUT2D eigenvalue weighted by atomic mass is 10.0. The molecule has 1 aliphatic rings. The van der Waals surface area contributed by atoms with Crippen LogP contribution in [0.5, 0.6) is 5.75 Å². The second-order valence-corrected chi connectivity index (χ2v) is 9.14. The molecule has 6 nitrogen and oxygen atoms in total. The second kappa shape index (κ2) is 13.2. The van der Waals surface area contributed by atoms with E-state index < -0.39 is 5.79 Å². The van der Waals surface area contributed by atoms with Gasteiger partial charge in [0.05, 0.1) is 11.8 Å². The Labute approximate surface area is 209 Å². The summed E-state index contributed by atoms with van der Waals surface area (Å²) >= 11 is 0. The van der Waals surface area contributed by atoms with E-state index in [1.165, 1.54) is 6.92 Å². The zero-order chi connectivity index (χ0) is 26.0. The second-order valence-electron chi connectivity index (χ2n) is 9.14. The average molecular weight is 483 g/mol. The molecule has 2 atom stereocenters. The Kier molecular flexibility index (Phi) is 10.6. The summed E-state index contributed by atoms with van der Waals surface area (Å²) in [6, 6.07) is 5.95. The molecule has 0 bridgehead atoms. The van der Waals surface area contributed by atoms with Crippen LogP contribution in [-0.2, 0) is 4.74 Å². The van der Waals surface area contributed by atoms with Crippen molar-refractivity contribution in [2.24, 2.45) is 15.7 Å². The number of hydrogen-bond acceptors (Lipinski definition) is 6. The van der Waals surface area contributed by atoms with E-state index in [0.29, 0.717) is 18.8 Å². The van der Waals surface area contributed by atoms with Crippen LogP contribution in [-0.4, -0.2) is 43.1 Å². The minimum absolute atomic E-state index is 0.118. The maximum absolute atomic E-state index is 13.8. The fourth-order valence-corrected chi connectivity index (χ4v) is 3.12. The maximum Gasteiger partial charge on any atom is 0.194 e. The van der Waals surface area contributed by atoms with Gasteiger partial charge >= 0.3 is 0 Å². The third-order valence-electron chi connectivity index (χ3n) is 5.55. The van der Waals surface area contributed by atoms with Crippen molar-refractivity contribution in [3.8, 4) is 5.75 Å². The Hall–Kier alpha value is -3.03. The van der Waals surface area contributed by atoms with E-state index in [1.807, 2.05) is 45.2 Å². The fraction of sp³-hybridized carbons (Fsp3) is 0.429. The molecular formula is C28H39FN4O2. The van der Waals surface area contributed by atoms with Gasteiger partial charge in [0, 0.05) is 42.5 Å². The van der Waals surface area contributed by atoms with Gasteiger partial charge in [0.1, 0.15) is 12.4 Å². The van der Waals surface area contributed by atoms with E-state index >= 15 is 0 Å². The molecule has 35 heavy (non-hydrogen) atoms. The Bertz CT molecular complexity index is 1020. The van der Waals surface area contributed by atoms with Crippen LogP contribution in [0.1, 0.15) is 58.6 Å². The van der Waals surface area contributed by atoms with Gasteiger partial charge in [-0.05, 0) is 76.8 Å². The van der Waals surface area contributed by atoms with Gasteiger partial charge < -0.3 is 14.8 Å². The zero-order valence-corrected chi connectivity index (χ0v) is 21.7. The standard InChI is InChI=1S/C28H39FN4O2/c1-8-23(17-33-22(6)28(7,29)30)16-32-21(5)25-12-24(20(4)31-15-19(2)3)13-27(14-25)35-18-26-10-9-11-34-26/h8,12-15,17,26,32H,1,5,9-11,16,18,30H2,2-4,6-7H3/b23-17+,31-20?,33-22?/t26-,28?/m0/s1. The van der Waals surface area contributed by atoms with Crippen LogP contribution in [0.25, 0.3) is 5.70 Å². The van der Waals surface area contributed by atoms with Crippen LogP contribution < -0.4 is 15.8 Å². The Morgan fingerprint density at radius 2 is 1.94 bits per heavy atom. The summed E-state index contributed by atoms with van der Waals surface area (Å²) in [4.78, 5) is 8.69. The molecule has 2 rings (SSSR count). The first-order valence-electron chi connectivity index (χ1n) is 11.8. The lowest BCUT2D eigenvalue weighted by Crippen LogP contribution is -2.38. The number of nitrogens with two attached hydrogens (primary N) is 1. The van der Waals surface area contributed by atoms with Crippen LogP contribution in [0, 0.1) is 0 Å². The van der Waals surface area contributed by atoms with E-state index in [-0.39, 0.29) is 11.8 Å². The van der Waals surface area contributed by atoms with Crippen LogP contribution in [0.2, 0.25) is 0 Å². The van der Waals surface area contributed by atoms with Crippen molar-refractivity contribution in [3.63, 3.8) is 0 Å². The summed E-state index contributed by atoms with van der Waals surface area (Å²) in [5.41, 5.74) is 10.9. The third-order valence-corrected chi connectivity index (χ3v) is 5.55. The summed E-state index contributed by atoms with van der Waals surface area (Å²) in [7, 11) is 0. The van der Waals surface area contributed by atoms with Gasteiger partial charge in [-0.3, -0.25) is 15.7 Å². The highest BCUT2D eigenvalue weighted by Gasteiger charge is 2.19. The number of benzene rings is 1. The minimum atomic E-state index is -1.97. The number of nitrogens with one attached hydrogen (secondary N) is 1. The predicted octanol–water partition coefficient (Wildman–Crippen LogP) is 5.71. The van der Waals surface area contributed by atoms with Crippen molar-refractivity contribution in [3.05, 3.63) is 72.1 Å². The zero-order valence-electron chi connectivity index (χ0n) is 21.7. The van der Waals surface area contributed by atoms with E-state index in [2.05, 4.69) is 28.5 Å². The quantitative estimate of drug-likeness (QED) is 0.227. The number of nitrogens with zero attached hydrogens (tertiary/aromatic N) is 2. The van der Waals surface area contributed by atoms with Gasteiger partial charge in [-0.25, -0.2) is 4.39 Å². The molecule has 0 radical (unpaired) electrons. The van der Waals surface area contributed by atoms with E-state index in [1.54, 1.807) is 19.2 Å². The molecule has 0 saturated carbocycles. The number of halogens is 1. The Balaban J connectivity index is 2.23. The molecule has 1 fully saturated rings. The lowest BCUT2D eigenvalue weighted by molar-refractivity contribution is 0.0679. The van der Waals surface area contributed by atoms with E-state index in [4.69, 9.17) is 15.2 Å². The van der Waals surface area contributed by atoms with Crippen molar-refractivity contribution < 1.29 is 13.9 Å². The van der Waals surface area contributed by atoms with Crippen molar-refractivity contribution in [2.75, 3.05) is 19.8 Å². The van der Waals surface area contributed by atoms with Gasteiger partial charge in [-0.1, -0.05) is 24.8 Å². The summed E-state index contributed by atoms with van der Waals surface area (Å²) in [6.07, 6.45) is 7.24. The molecule has 1 unspecified atom stereocenters. The van der Waals surface area contributed by atoms with E-state index in [9.17, 15) is 4.39 Å². The van der Waals surface area contributed by atoms with Gasteiger partial charge in [0.15, 0.2) is 5.79 Å². The van der Waals surface area contributed by atoms with Gasteiger partial charge in [0.2, 0.25) is 0 Å². The molecule has 1 aromatic carbocycles. The molecule has 190 valence electrons. The highest BCUT2D eigenvalue weighted by molar-refractivity contribution is 6.00. The number of ether oxygens (including phenoxy) is 2. The molecule has 3 N–H and O–H groups in total. The molecule has 1 aromatic rings. The molecule has 1 saturated heterocycles. The summed E-state index contributed by atoms with van der Waals surface area (Å²) in [6.45, 7) is 18.5. The van der Waals surface area contributed by atoms with Gasteiger partial charge in [-0.15, -0.1) is 0 Å². The number of hydrogen-bond donors (Lipinski definition) is 2. The highest BCUT2D eigenvalue weighted by atomic mass is 19.1. The fourth-order valence-electron chi connectivity index (χ4n) is 3.12. The SMILES string of the molecule is C=C/C(=C\N=C(C)C(C)(N)F)CNC(=C)c1cc(OC[C@@H]2CCCO2)cc(C(C)=NC=C(C)C)c1. The molecule has 1 heterocycles. The van der Waals surface area contributed by atoms with Crippen molar-refractivity contribution in [2.45, 2.75) is 59.4 Å². The molecule has 0 aromatic heterocycles. The summed E-state index contributed by atoms with van der Waals surface area (Å²) < 4.78 is 25.6. The monoisotopic (exact) mass is 482 g/mol. The molecule has 0 aliphatic carbocycles. The molecule has 1 aliphatic heterocycles. The van der Waals surface area contributed by atoms with Crippen molar-refractivity contribution in [1.82, 2.24) is 5.32 Å². The number of allylic oxidation sites excluding steroid dienone is 1. The first-order chi connectivity index (χ1) is 16.5. The normalized spacial score (nSPS) is 18.6. The van der Waals surface area contributed by atoms with Crippen molar-refractivity contribution in [1.29, 1.82) is 0 Å². The van der Waals surface area contributed by atoms with Crippen LogP contribution >= 0.6 is 0 Å². The lowest BCUT2D eigenvalue weighted by Gasteiger charge is -2.16. The van der Waals surface area contributed by atoms with Crippen LogP contribution in [0.15, 0.2) is 71.0 Å². The topological polar surface area (TPSA) is 81.2 Å². The maximum atomic E-state index is 13.8. The summed E-state index contributed by atoms with van der Waals surface area (Å²) in [5.74, 6) is -1.24. The molecule has 0 amide bonds. The Morgan fingerprint density at radius 3 is 2.54 bits per heavy atom. The predicted molar refractivity (Wildman–Crippen MR) is 145 cm³/mol. The molecule has 0 spiro atoms. The Morgan fingerprint density at radius 1 is 1.23 bits per heavy atom. The largest absolute Gasteiger partial charge is 0.491 e. The van der Waals surface area contributed by atoms with Crippen LogP contribution in [0.4, 0.5) is 4.39 Å². The van der Waals surface area contributed by atoms with Gasteiger partial charge in [-0.2, -0.15) is 0 Å². The molecular weight excluding hydrogens is 443 g/mol. The molecule has 7 heteroatoms. The summed E-state index contributed by atoms with van der Waals surface area (Å²) in [5, 5.41) is 3.29. The number of alkyl halides is 1. The first kappa shape index (κ1) is 28.2. The number of rotatable bonds is 12. The van der Waals surface area contributed by atoms with Crippen molar-refractivity contribution >= 4 is 17.1 Å². The minimum Gasteiger partial charge on any atom is -0.491 e. The number of aliphatic imine (C=N–C) groups is 2. The first-order valence-corrected chi connectivity index (χ1v) is 11.8. The smallest absolute Gasteiger partial charge is 0.194 e. The van der Waals surface area contributed by atoms with Crippen LogP contribution in [0.3, 0.4) is 0 Å². The van der Waals surface area contributed by atoms with E-state index in [0.717, 1.165) is 53.2 Å². The average Bonchev–Trinajstić information content (AvgIpc) is 3.33.